The van der Waals surface area contributed by atoms with Crippen LogP contribution in [0.25, 0.3) is 0 Å². The normalized spacial score (nSPS) is 10.5. The molecule has 0 spiro atoms. The van der Waals surface area contributed by atoms with Gasteiger partial charge < -0.3 is 0 Å². The van der Waals surface area contributed by atoms with E-state index in [9.17, 15) is 13.6 Å². The second kappa shape index (κ2) is 3.91. The molecule has 0 aliphatic heterocycles. The summed E-state index contributed by atoms with van der Waals surface area (Å²) in [5, 5.41) is 0. The topological polar surface area (TPSA) is 30.0 Å². The highest BCUT2D eigenvalue weighted by molar-refractivity contribution is 9.10. The summed E-state index contributed by atoms with van der Waals surface area (Å²) in [7, 11) is 0. The minimum atomic E-state index is -2.72. The summed E-state index contributed by atoms with van der Waals surface area (Å²) in [6.45, 7) is 1.59. The smallest absolute Gasteiger partial charge is 0.281 e. The summed E-state index contributed by atoms with van der Waals surface area (Å²) < 4.78 is 25.1. The molecule has 0 radical (unpaired) electrons. The van der Waals surface area contributed by atoms with Crippen LogP contribution in [0.4, 0.5) is 8.78 Å². The molecule has 5 heteroatoms. The third-order valence-corrected chi connectivity index (χ3v) is 2.35. The standard InChI is InChI=1S/C8H6BrF2NO/c1-4-6(9)2-5(3-13)7(12-4)8(10)11/h2-3,8H,1H3. The first-order valence-electron chi connectivity index (χ1n) is 3.46. The van der Waals surface area contributed by atoms with E-state index in [1.165, 1.54) is 6.07 Å². The minimum Gasteiger partial charge on any atom is -0.298 e. The van der Waals surface area contributed by atoms with Gasteiger partial charge in [-0.25, -0.2) is 8.78 Å². The Morgan fingerprint density at radius 2 is 2.23 bits per heavy atom. The van der Waals surface area contributed by atoms with E-state index in [-0.39, 0.29) is 5.56 Å². The molecule has 1 aromatic heterocycles. The molecule has 0 saturated heterocycles. The van der Waals surface area contributed by atoms with Crippen LogP contribution in [0.5, 0.6) is 0 Å². The molecule has 1 rings (SSSR count). The van der Waals surface area contributed by atoms with Gasteiger partial charge in [0, 0.05) is 10.0 Å². The third kappa shape index (κ3) is 2.09. The zero-order valence-corrected chi connectivity index (χ0v) is 8.31. The number of hydrogen-bond donors (Lipinski definition) is 0. The Kier molecular flexibility index (Phi) is 3.08. The molecule has 0 unspecified atom stereocenters. The van der Waals surface area contributed by atoms with E-state index in [1.807, 2.05) is 0 Å². The van der Waals surface area contributed by atoms with Crippen LogP contribution >= 0.6 is 15.9 Å². The van der Waals surface area contributed by atoms with Gasteiger partial charge in [0.1, 0.15) is 5.69 Å². The Bertz CT molecular complexity index is 341. The summed E-state index contributed by atoms with van der Waals surface area (Å²) in [6, 6.07) is 1.34. The Morgan fingerprint density at radius 1 is 1.62 bits per heavy atom. The fourth-order valence-corrected chi connectivity index (χ4v) is 1.22. The molecule has 0 fully saturated rings. The van der Waals surface area contributed by atoms with Gasteiger partial charge in [0.15, 0.2) is 6.29 Å². The molecule has 0 amide bonds. The number of aldehydes is 1. The predicted molar refractivity (Wildman–Crippen MR) is 47.0 cm³/mol. The first kappa shape index (κ1) is 10.2. The maximum Gasteiger partial charge on any atom is 0.281 e. The molecule has 0 bridgehead atoms. The lowest BCUT2D eigenvalue weighted by Crippen LogP contribution is -2.00. The number of carbonyl (C=O) groups excluding carboxylic acids is 1. The van der Waals surface area contributed by atoms with Gasteiger partial charge in [-0.05, 0) is 28.9 Å². The van der Waals surface area contributed by atoms with Crippen molar-refractivity contribution in [3.8, 4) is 0 Å². The average molecular weight is 250 g/mol. The molecule has 0 atom stereocenters. The van der Waals surface area contributed by atoms with Crippen molar-refractivity contribution >= 4 is 22.2 Å². The second-order valence-electron chi connectivity index (χ2n) is 2.45. The second-order valence-corrected chi connectivity index (χ2v) is 3.30. The van der Waals surface area contributed by atoms with E-state index in [2.05, 4.69) is 20.9 Å². The van der Waals surface area contributed by atoms with Crippen molar-refractivity contribution < 1.29 is 13.6 Å². The molecule has 0 aliphatic rings. The van der Waals surface area contributed by atoms with Crippen LogP contribution in [0.1, 0.15) is 28.2 Å². The molecule has 13 heavy (non-hydrogen) atoms. The molecular formula is C8H6BrF2NO. The van der Waals surface area contributed by atoms with Gasteiger partial charge in [-0.2, -0.15) is 0 Å². The van der Waals surface area contributed by atoms with E-state index in [0.717, 1.165) is 0 Å². The van der Waals surface area contributed by atoms with Crippen LogP contribution < -0.4 is 0 Å². The Labute approximate surface area is 82.1 Å². The maximum absolute atomic E-state index is 12.3. The zero-order valence-electron chi connectivity index (χ0n) is 6.72. The van der Waals surface area contributed by atoms with Crippen molar-refractivity contribution in [3.05, 3.63) is 27.5 Å². The lowest BCUT2D eigenvalue weighted by molar-refractivity contribution is 0.110. The number of carbonyl (C=O) groups is 1. The molecule has 0 aliphatic carbocycles. The Hall–Kier alpha value is -0.840. The molecule has 70 valence electrons. The zero-order chi connectivity index (χ0) is 10.0. The van der Waals surface area contributed by atoms with Gasteiger partial charge in [-0.3, -0.25) is 9.78 Å². The molecular weight excluding hydrogens is 244 g/mol. The summed E-state index contributed by atoms with van der Waals surface area (Å²) >= 11 is 3.10. The maximum atomic E-state index is 12.3. The van der Waals surface area contributed by atoms with Gasteiger partial charge in [-0.1, -0.05) is 0 Å². The van der Waals surface area contributed by atoms with E-state index in [0.29, 0.717) is 16.5 Å². The van der Waals surface area contributed by atoms with Crippen molar-refractivity contribution in [2.45, 2.75) is 13.3 Å². The van der Waals surface area contributed by atoms with E-state index in [1.54, 1.807) is 6.92 Å². The summed E-state index contributed by atoms with van der Waals surface area (Å²) in [5.41, 5.74) is -0.0934. The van der Waals surface area contributed by atoms with Crippen LogP contribution in [-0.2, 0) is 0 Å². The molecule has 0 aromatic carbocycles. The van der Waals surface area contributed by atoms with Crippen molar-refractivity contribution in [3.63, 3.8) is 0 Å². The van der Waals surface area contributed by atoms with Gasteiger partial charge in [0.2, 0.25) is 0 Å². The molecule has 1 aromatic rings. The monoisotopic (exact) mass is 249 g/mol. The summed E-state index contributed by atoms with van der Waals surface area (Å²) in [4.78, 5) is 14.0. The van der Waals surface area contributed by atoms with Crippen LogP contribution in [0.15, 0.2) is 10.5 Å². The quantitative estimate of drug-likeness (QED) is 0.755. The van der Waals surface area contributed by atoms with Crippen LogP contribution in [0.3, 0.4) is 0 Å². The van der Waals surface area contributed by atoms with Crippen molar-refractivity contribution in [2.75, 3.05) is 0 Å². The minimum absolute atomic E-state index is 0.0764. The van der Waals surface area contributed by atoms with Gasteiger partial charge in [0.05, 0.1) is 5.69 Å². The van der Waals surface area contributed by atoms with Crippen molar-refractivity contribution in [1.82, 2.24) is 4.98 Å². The average Bonchev–Trinajstić information content (AvgIpc) is 2.08. The van der Waals surface area contributed by atoms with Crippen molar-refractivity contribution in [2.24, 2.45) is 0 Å². The van der Waals surface area contributed by atoms with E-state index < -0.39 is 12.1 Å². The summed E-state index contributed by atoms with van der Waals surface area (Å²) in [5.74, 6) is 0. The predicted octanol–water partition coefficient (Wildman–Crippen LogP) is 2.90. The number of nitrogens with zero attached hydrogens (tertiary/aromatic N) is 1. The number of rotatable bonds is 2. The Morgan fingerprint density at radius 3 is 2.69 bits per heavy atom. The molecule has 1 heterocycles. The lowest BCUT2D eigenvalue weighted by Gasteiger charge is -2.05. The van der Waals surface area contributed by atoms with Gasteiger partial charge in [0.25, 0.3) is 6.43 Å². The largest absolute Gasteiger partial charge is 0.298 e. The number of halogens is 3. The SMILES string of the molecule is Cc1nc(C(F)F)c(C=O)cc1Br. The highest BCUT2D eigenvalue weighted by Crippen LogP contribution is 2.24. The van der Waals surface area contributed by atoms with Gasteiger partial charge >= 0.3 is 0 Å². The first-order chi connectivity index (χ1) is 6.06. The number of pyridine rings is 1. The van der Waals surface area contributed by atoms with Crippen molar-refractivity contribution in [1.29, 1.82) is 0 Å². The number of aryl methyl sites for hydroxylation is 1. The number of alkyl halides is 2. The lowest BCUT2D eigenvalue weighted by atomic mass is 10.2. The van der Waals surface area contributed by atoms with Crippen LogP contribution in [-0.4, -0.2) is 11.3 Å². The fourth-order valence-electron chi connectivity index (χ4n) is 0.883. The highest BCUT2D eigenvalue weighted by atomic mass is 79.9. The molecule has 0 saturated carbocycles. The fraction of sp³-hybridized carbons (Fsp3) is 0.250. The number of aromatic nitrogens is 1. The van der Waals surface area contributed by atoms with Crippen LogP contribution in [0, 0.1) is 6.92 Å². The van der Waals surface area contributed by atoms with E-state index in [4.69, 9.17) is 0 Å². The third-order valence-electron chi connectivity index (χ3n) is 1.55. The van der Waals surface area contributed by atoms with E-state index >= 15 is 0 Å². The Balaban J connectivity index is 3.32. The first-order valence-corrected chi connectivity index (χ1v) is 4.26. The molecule has 2 nitrogen and oxygen atoms in total. The highest BCUT2D eigenvalue weighted by Gasteiger charge is 2.15. The number of hydrogen-bond acceptors (Lipinski definition) is 2. The summed E-state index contributed by atoms with van der Waals surface area (Å²) in [6.07, 6.45) is -2.34. The molecule has 0 N–H and O–H groups in total. The van der Waals surface area contributed by atoms with Crippen LogP contribution in [0.2, 0.25) is 0 Å². The van der Waals surface area contributed by atoms with Gasteiger partial charge in [-0.15, -0.1) is 0 Å².